The smallest absolute Gasteiger partial charge is 0.305 e. The standard InChI is InChI=1S/C24H45NO2/c1-3-4-5-6-7-8-9-10-11-12-13-14-15-16-17-18-24(26)27-21-23-20-25-19-22(23)2/h10-11,22-23,25H,3-9,12-21H2,1-2H3/b11-10-/t22-,23?/m1/s1. The molecule has 1 aliphatic rings. The van der Waals surface area contributed by atoms with Crippen LogP contribution in [0.25, 0.3) is 0 Å². The van der Waals surface area contributed by atoms with E-state index in [1.165, 1.54) is 70.6 Å². The second-order valence-electron chi connectivity index (χ2n) is 8.41. The minimum Gasteiger partial charge on any atom is -0.465 e. The Kier molecular flexibility index (Phi) is 15.5. The number of rotatable bonds is 17. The van der Waals surface area contributed by atoms with Crippen molar-refractivity contribution in [3.05, 3.63) is 12.2 Å². The normalized spacial score (nSPS) is 19.8. The SMILES string of the molecule is CCCCCCCC/C=C\CCCCCCCC(=O)OCC1CNC[C@H]1C. The van der Waals surface area contributed by atoms with E-state index in [1.54, 1.807) is 0 Å². The predicted octanol–water partition coefficient (Wildman–Crippen LogP) is 6.42. The minimum absolute atomic E-state index is 0.00766. The summed E-state index contributed by atoms with van der Waals surface area (Å²) in [6.45, 7) is 7.13. The summed E-state index contributed by atoms with van der Waals surface area (Å²) < 4.78 is 5.43. The second-order valence-corrected chi connectivity index (χ2v) is 8.41. The fourth-order valence-corrected chi connectivity index (χ4v) is 3.70. The molecule has 1 saturated heterocycles. The summed E-state index contributed by atoms with van der Waals surface area (Å²) in [6.07, 6.45) is 22.0. The van der Waals surface area contributed by atoms with Crippen LogP contribution in [0.3, 0.4) is 0 Å². The maximum atomic E-state index is 11.8. The van der Waals surface area contributed by atoms with Gasteiger partial charge in [-0.05, 0) is 44.6 Å². The van der Waals surface area contributed by atoms with E-state index in [-0.39, 0.29) is 5.97 Å². The monoisotopic (exact) mass is 379 g/mol. The molecule has 1 heterocycles. The molecule has 3 nitrogen and oxygen atoms in total. The molecule has 1 rings (SSSR count). The summed E-state index contributed by atoms with van der Waals surface area (Å²) in [7, 11) is 0. The maximum Gasteiger partial charge on any atom is 0.305 e. The molecule has 3 heteroatoms. The lowest BCUT2D eigenvalue weighted by Crippen LogP contribution is -2.19. The Hall–Kier alpha value is -0.830. The van der Waals surface area contributed by atoms with Gasteiger partial charge in [0.2, 0.25) is 0 Å². The van der Waals surface area contributed by atoms with Crippen molar-refractivity contribution >= 4 is 5.97 Å². The van der Waals surface area contributed by atoms with Gasteiger partial charge in [-0.25, -0.2) is 0 Å². The molecule has 0 spiro atoms. The van der Waals surface area contributed by atoms with Gasteiger partial charge in [-0.15, -0.1) is 0 Å². The number of carbonyl (C=O) groups excluding carboxylic acids is 1. The Morgan fingerprint density at radius 3 is 2.07 bits per heavy atom. The summed E-state index contributed by atoms with van der Waals surface area (Å²) >= 11 is 0. The summed E-state index contributed by atoms with van der Waals surface area (Å²) in [5, 5.41) is 3.35. The third-order valence-electron chi connectivity index (χ3n) is 5.78. The van der Waals surface area contributed by atoms with Crippen molar-refractivity contribution in [1.29, 1.82) is 0 Å². The van der Waals surface area contributed by atoms with Gasteiger partial charge in [0.1, 0.15) is 0 Å². The van der Waals surface area contributed by atoms with Gasteiger partial charge in [-0.3, -0.25) is 4.79 Å². The van der Waals surface area contributed by atoms with Crippen LogP contribution in [-0.4, -0.2) is 25.7 Å². The van der Waals surface area contributed by atoms with Crippen LogP contribution in [0.1, 0.15) is 104 Å². The van der Waals surface area contributed by atoms with Crippen LogP contribution in [0.2, 0.25) is 0 Å². The number of nitrogens with one attached hydrogen (secondary N) is 1. The lowest BCUT2D eigenvalue weighted by Gasteiger charge is -2.14. The number of carbonyl (C=O) groups is 1. The number of hydrogen-bond donors (Lipinski definition) is 1. The van der Waals surface area contributed by atoms with Gasteiger partial charge in [-0.2, -0.15) is 0 Å². The van der Waals surface area contributed by atoms with Gasteiger partial charge in [0.05, 0.1) is 6.61 Å². The highest BCUT2D eigenvalue weighted by molar-refractivity contribution is 5.69. The Morgan fingerprint density at radius 2 is 1.48 bits per heavy atom. The van der Waals surface area contributed by atoms with Crippen LogP contribution in [-0.2, 0) is 9.53 Å². The summed E-state index contributed by atoms with van der Waals surface area (Å²) in [6, 6.07) is 0. The van der Waals surface area contributed by atoms with E-state index in [0.717, 1.165) is 25.9 Å². The van der Waals surface area contributed by atoms with Crippen molar-refractivity contribution in [2.75, 3.05) is 19.7 Å². The second kappa shape index (κ2) is 17.3. The highest BCUT2D eigenvalue weighted by atomic mass is 16.5. The Balaban J connectivity index is 1.79. The van der Waals surface area contributed by atoms with Gasteiger partial charge in [0, 0.05) is 18.9 Å². The first-order chi connectivity index (χ1) is 13.2. The summed E-state index contributed by atoms with van der Waals surface area (Å²) in [4.78, 5) is 11.8. The van der Waals surface area contributed by atoms with Crippen LogP contribution in [0.5, 0.6) is 0 Å². The third-order valence-corrected chi connectivity index (χ3v) is 5.78. The highest BCUT2D eigenvalue weighted by Crippen LogP contribution is 2.16. The molecule has 27 heavy (non-hydrogen) atoms. The molecule has 0 amide bonds. The van der Waals surface area contributed by atoms with E-state index in [0.29, 0.717) is 24.9 Å². The average Bonchev–Trinajstić information content (AvgIpc) is 3.08. The first-order valence-electron chi connectivity index (χ1n) is 11.7. The van der Waals surface area contributed by atoms with Gasteiger partial charge in [0.15, 0.2) is 0 Å². The molecular formula is C24H45NO2. The van der Waals surface area contributed by atoms with Crippen molar-refractivity contribution < 1.29 is 9.53 Å². The van der Waals surface area contributed by atoms with E-state index in [2.05, 4.69) is 31.3 Å². The third kappa shape index (κ3) is 13.9. The number of esters is 1. The quantitative estimate of drug-likeness (QED) is 0.180. The maximum absolute atomic E-state index is 11.8. The van der Waals surface area contributed by atoms with Crippen molar-refractivity contribution in [3.63, 3.8) is 0 Å². The zero-order chi connectivity index (χ0) is 19.6. The number of ether oxygens (including phenoxy) is 1. The molecule has 1 fully saturated rings. The lowest BCUT2D eigenvalue weighted by molar-refractivity contribution is -0.145. The van der Waals surface area contributed by atoms with Gasteiger partial charge < -0.3 is 10.1 Å². The van der Waals surface area contributed by atoms with E-state index >= 15 is 0 Å². The van der Waals surface area contributed by atoms with Gasteiger partial charge >= 0.3 is 5.97 Å². The molecule has 1 N–H and O–H groups in total. The lowest BCUT2D eigenvalue weighted by atomic mass is 9.99. The zero-order valence-corrected chi connectivity index (χ0v) is 18.1. The Bertz CT molecular complexity index is 381. The van der Waals surface area contributed by atoms with Crippen molar-refractivity contribution in [2.24, 2.45) is 11.8 Å². The van der Waals surface area contributed by atoms with Crippen molar-refractivity contribution in [3.8, 4) is 0 Å². The molecule has 0 aliphatic carbocycles. The molecule has 1 aliphatic heterocycles. The van der Waals surface area contributed by atoms with Crippen LogP contribution in [0.4, 0.5) is 0 Å². The molecule has 0 bridgehead atoms. The summed E-state index contributed by atoms with van der Waals surface area (Å²) in [5.74, 6) is 1.12. The van der Waals surface area contributed by atoms with Crippen molar-refractivity contribution in [2.45, 2.75) is 104 Å². The average molecular weight is 380 g/mol. The van der Waals surface area contributed by atoms with Crippen molar-refractivity contribution in [1.82, 2.24) is 5.32 Å². The molecule has 1 unspecified atom stereocenters. The first kappa shape index (κ1) is 24.2. The summed E-state index contributed by atoms with van der Waals surface area (Å²) in [5.41, 5.74) is 0. The fraction of sp³-hybridized carbons (Fsp3) is 0.875. The number of unbranched alkanes of at least 4 members (excludes halogenated alkanes) is 11. The number of allylic oxidation sites excluding steroid dienone is 2. The van der Waals surface area contributed by atoms with Crippen LogP contribution >= 0.6 is 0 Å². The molecule has 0 aromatic carbocycles. The van der Waals surface area contributed by atoms with E-state index in [1.807, 2.05) is 0 Å². The van der Waals surface area contributed by atoms with Crippen LogP contribution in [0.15, 0.2) is 12.2 Å². The van der Waals surface area contributed by atoms with E-state index in [4.69, 9.17) is 4.74 Å². The minimum atomic E-state index is -0.00766. The molecular weight excluding hydrogens is 334 g/mol. The molecule has 2 atom stereocenters. The van der Waals surface area contributed by atoms with Gasteiger partial charge in [-0.1, -0.05) is 77.4 Å². The fourth-order valence-electron chi connectivity index (χ4n) is 3.70. The predicted molar refractivity (Wildman–Crippen MR) is 116 cm³/mol. The molecule has 0 saturated carbocycles. The Morgan fingerprint density at radius 1 is 0.889 bits per heavy atom. The zero-order valence-electron chi connectivity index (χ0n) is 18.1. The van der Waals surface area contributed by atoms with Crippen LogP contribution in [0, 0.1) is 11.8 Å². The Labute approximate surface area is 168 Å². The van der Waals surface area contributed by atoms with Gasteiger partial charge in [0.25, 0.3) is 0 Å². The van der Waals surface area contributed by atoms with Crippen LogP contribution < -0.4 is 5.32 Å². The molecule has 0 radical (unpaired) electrons. The van der Waals surface area contributed by atoms with E-state index < -0.39 is 0 Å². The topological polar surface area (TPSA) is 38.3 Å². The molecule has 0 aromatic rings. The first-order valence-corrected chi connectivity index (χ1v) is 11.7. The molecule has 0 aromatic heterocycles. The molecule has 158 valence electrons. The largest absolute Gasteiger partial charge is 0.465 e. The highest BCUT2D eigenvalue weighted by Gasteiger charge is 2.24. The van der Waals surface area contributed by atoms with E-state index in [9.17, 15) is 4.79 Å². The number of hydrogen-bond acceptors (Lipinski definition) is 3.